The fourth-order valence-corrected chi connectivity index (χ4v) is 2.69. The zero-order chi connectivity index (χ0) is 13.9. The van der Waals surface area contributed by atoms with Gasteiger partial charge in [0.2, 0.25) is 0 Å². The fraction of sp³-hybridized carbons (Fsp3) is 0.357. The minimum absolute atomic E-state index is 0.251. The number of aromatic nitrogens is 4. The molecule has 4 rings (SSSR count). The lowest BCUT2D eigenvalue weighted by Crippen LogP contribution is -2.00. The first-order valence-corrected chi connectivity index (χ1v) is 6.55. The van der Waals surface area contributed by atoms with Gasteiger partial charge in [-0.2, -0.15) is 5.10 Å². The first-order valence-electron chi connectivity index (χ1n) is 6.55. The van der Waals surface area contributed by atoms with E-state index >= 15 is 0 Å². The molecule has 0 bridgehead atoms. The highest BCUT2D eigenvalue weighted by Crippen LogP contribution is 2.47. The van der Waals surface area contributed by atoms with Crippen LogP contribution >= 0.6 is 0 Å². The van der Waals surface area contributed by atoms with Crippen molar-refractivity contribution in [2.75, 3.05) is 7.11 Å². The van der Waals surface area contributed by atoms with Crippen molar-refractivity contribution in [3.63, 3.8) is 0 Å². The van der Waals surface area contributed by atoms with Crippen LogP contribution in [0.25, 0.3) is 21.9 Å². The van der Waals surface area contributed by atoms with Crippen molar-refractivity contribution in [1.29, 1.82) is 0 Å². The summed E-state index contributed by atoms with van der Waals surface area (Å²) in [5.41, 5.74) is 1.57. The number of hydrogen-bond acceptors (Lipinski definition) is 4. The van der Waals surface area contributed by atoms with Gasteiger partial charge in [0.15, 0.2) is 11.5 Å². The van der Waals surface area contributed by atoms with Gasteiger partial charge in [-0.1, -0.05) is 0 Å². The molecule has 2 heterocycles. The molecule has 1 fully saturated rings. The second-order valence-corrected chi connectivity index (χ2v) is 5.18. The Bertz CT molecular complexity index is 838. The molecule has 102 valence electrons. The van der Waals surface area contributed by atoms with E-state index in [1.165, 1.54) is 0 Å². The second kappa shape index (κ2) is 3.88. The maximum atomic E-state index is 14.7. The summed E-state index contributed by atoms with van der Waals surface area (Å²) in [5, 5.41) is 13.8. The molecule has 5 nitrogen and oxygen atoms in total. The van der Waals surface area contributed by atoms with Crippen molar-refractivity contribution >= 4 is 21.9 Å². The zero-order valence-corrected chi connectivity index (χ0v) is 11.2. The summed E-state index contributed by atoms with van der Waals surface area (Å²) in [6.07, 6.45) is 3.69. The van der Waals surface area contributed by atoms with Gasteiger partial charge in [0.05, 0.1) is 18.7 Å². The zero-order valence-electron chi connectivity index (χ0n) is 11.2. The summed E-state index contributed by atoms with van der Waals surface area (Å²) in [7, 11) is 3.36. The van der Waals surface area contributed by atoms with Gasteiger partial charge in [0.25, 0.3) is 0 Å². The van der Waals surface area contributed by atoms with Crippen LogP contribution in [0.2, 0.25) is 0 Å². The number of benzene rings is 1. The molecule has 0 unspecified atom stereocenters. The molecule has 0 N–H and O–H groups in total. The fourth-order valence-electron chi connectivity index (χ4n) is 2.69. The van der Waals surface area contributed by atoms with Gasteiger partial charge in [-0.25, -0.2) is 9.07 Å². The Hall–Kier alpha value is -2.24. The quantitative estimate of drug-likeness (QED) is 0.719. The Morgan fingerprint density at radius 2 is 2.10 bits per heavy atom. The molecule has 2 aromatic heterocycles. The lowest BCUT2D eigenvalue weighted by Gasteiger charge is -2.11. The van der Waals surface area contributed by atoms with Crippen LogP contribution in [0.4, 0.5) is 4.39 Å². The molecule has 1 aliphatic rings. The summed E-state index contributed by atoms with van der Waals surface area (Å²) in [6.45, 7) is 0. The van der Waals surface area contributed by atoms with Crippen LogP contribution in [-0.2, 0) is 7.05 Å². The van der Waals surface area contributed by atoms with Crippen LogP contribution in [0.5, 0.6) is 5.75 Å². The standard InChI is InChI=1S/C14H13FN4O/c1-19-14-9(6-16-19)8-5-10(20-2)11(7-3-4-7)12(15)13(8)17-18-14/h5-7H,3-4H2,1-2H3. The molecule has 1 aliphatic carbocycles. The normalized spacial score (nSPS) is 15.2. The third-order valence-electron chi connectivity index (χ3n) is 3.89. The van der Waals surface area contributed by atoms with Crippen LogP contribution in [0, 0.1) is 5.82 Å². The Morgan fingerprint density at radius 3 is 2.80 bits per heavy atom. The Labute approximate surface area is 114 Å². The van der Waals surface area contributed by atoms with E-state index in [9.17, 15) is 4.39 Å². The average molecular weight is 272 g/mol. The lowest BCUT2D eigenvalue weighted by molar-refractivity contribution is 0.406. The van der Waals surface area contributed by atoms with E-state index in [0.29, 0.717) is 27.9 Å². The van der Waals surface area contributed by atoms with Gasteiger partial charge in [-0.15, -0.1) is 10.2 Å². The highest BCUT2D eigenvalue weighted by atomic mass is 19.1. The van der Waals surface area contributed by atoms with Gasteiger partial charge in [-0.3, -0.25) is 0 Å². The monoisotopic (exact) mass is 272 g/mol. The van der Waals surface area contributed by atoms with Crippen molar-refractivity contribution < 1.29 is 9.13 Å². The van der Waals surface area contributed by atoms with Crippen molar-refractivity contribution in [1.82, 2.24) is 20.0 Å². The molecule has 0 spiro atoms. The first kappa shape index (κ1) is 11.6. The highest BCUT2D eigenvalue weighted by molar-refractivity contribution is 6.03. The number of fused-ring (bicyclic) bond motifs is 3. The maximum Gasteiger partial charge on any atom is 0.180 e. The number of nitrogens with zero attached hydrogens (tertiary/aromatic N) is 4. The van der Waals surface area contributed by atoms with E-state index in [4.69, 9.17) is 4.74 Å². The van der Waals surface area contributed by atoms with Gasteiger partial charge >= 0.3 is 0 Å². The molecule has 0 saturated heterocycles. The number of methoxy groups -OCH3 is 1. The summed E-state index contributed by atoms with van der Waals surface area (Å²) in [4.78, 5) is 0. The number of hydrogen-bond donors (Lipinski definition) is 0. The van der Waals surface area contributed by atoms with Gasteiger partial charge < -0.3 is 4.74 Å². The number of halogens is 1. The molecule has 0 atom stereocenters. The van der Waals surface area contributed by atoms with Crippen molar-refractivity contribution in [2.24, 2.45) is 7.05 Å². The number of ether oxygens (including phenoxy) is 1. The van der Waals surface area contributed by atoms with E-state index in [1.54, 1.807) is 25.0 Å². The Balaban J connectivity index is 2.14. The SMILES string of the molecule is COc1cc2c(nnc3c2cnn3C)c(F)c1C1CC1. The van der Waals surface area contributed by atoms with Crippen LogP contribution in [-0.4, -0.2) is 27.1 Å². The summed E-state index contributed by atoms with van der Waals surface area (Å²) in [6, 6.07) is 1.85. The number of rotatable bonds is 2. The van der Waals surface area contributed by atoms with E-state index < -0.39 is 0 Å². The third-order valence-corrected chi connectivity index (χ3v) is 3.89. The van der Waals surface area contributed by atoms with Crippen LogP contribution in [0.15, 0.2) is 12.3 Å². The Kier molecular flexibility index (Phi) is 2.24. The van der Waals surface area contributed by atoms with Crippen LogP contribution in [0.1, 0.15) is 24.3 Å². The van der Waals surface area contributed by atoms with E-state index in [0.717, 1.165) is 18.2 Å². The molecule has 0 aliphatic heterocycles. The smallest absolute Gasteiger partial charge is 0.180 e. The number of aryl methyl sites for hydroxylation is 1. The highest BCUT2D eigenvalue weighted by Gasteiger charge is 2.32. The topological polar surface area (TPSA) is 52.8 Å². The molecule has 3 aromatic rings. The maximum absolute atomic E-state index is 14.7. The molecule has 0 amide bonds. The van der Waals surface area contributed by atoms with E-state index in [-0.39, 0.29) is 11.7 Å². The molecular weight excluding hydrogens is 259 g/mol. The molecule has 20 heavy (non-hydrogen) atoms. The van der Waals surface area contributed by atoms with Crippen molar-refractivity contribution in [3.05, 3.63) is 23.6 Å². The van der Waals surface area contributed by atoms with E-state index in [1.807, 2.05) is 6.07 Å². The minimum Gasteiger partial charge on any atom is -0.496 e. The van der Waals surface area contributed by atoms with Crippen molar-refractivity contribution in [3.8, 4) is 5.75 Å². The second-order valence-electron chi connectivity index (χ2n) is 5.18. The first-order chi connectivity index (χ1) is 9.70. The summed E-state index contributed by atoms with van der Waals surface area (Å²) < 4.78 is 21.7. The third kappa shape index (κ3) is 1.44. The van der Waals surface area contributed by atoms with Gasteiger partial charge in [-0.05, 0) is 24.8 Å². The van der Waals surface area contributed by atoms with Crippen LogP contribution < -0.4 is 4.74 Å². The lowest BCUT2D eigenvalue weighted by atomic mass is 10.0. The molecule has 0 radical (unpaired) electrons. The summed E-state index contributed by atoms with van der Waals surface area (Å²) >= 11 is 0. The van der Waals surface area contributed by atoms with Crippen LogP contribution in [0.3, 0.4) is 0 Å². The average Bonchev–Trinajstić information content (AvgIpc) is 3.22. The van der Waals surface area contributed by atoms with Gasteiger partial charge in [0, 0.05) is 18.0 Å². The summed E-state index contributed by atoms with van der Waals surface area (Å²) in [5.74, 6) is 0.538. The minimum atomic E-state index is -0.305. The predicted octanol–water partition coefficient (Wildman–Crippen LogP) is 2.54. The molecule has 1 aromatic carbocycles. The molecular formula is C14H13FN4O. The van der Waals surface area contributed by atoms with Crippen molar-refractivity contribution in [2.45, 2.75) is 18.8 Å². The predicted molar refractivity (Wildman–Crippen MR) is 72.3 cm³/mol. The molecule has 1 saturated carbocycles. The molecule has 6 heteroatoms. The van der Waals surface area contributed by atoms with Gasteiger partial charge in [0.1, 0.15) is 11.3 Å². The van der Waals surface area contributed by atoms with E-state index in [2.05, 4.69) is 15.3 Å². The largest absolute Gasteiger partial charge is 0.496 e. The Morgan fingerprint density at radius 1 is 1.30 bits per heavy atom.